The van der Waals surface area contributed by atoms with Gasteiger partial charge in [0.05, 0.1) is 11.7 Å². The number of nitrogens with zero attached hydrogens (tertiary/aromatic N) is 2. The Morgan fingerprint density at radius 1 is 1.14 bits per heavy atom. The summed E-state index contributed by atoms with van der Waals surface area (Å²) in [5.74, 6) is -0.479. The number of benzene rings is 2. The molecule has 0 fully saturated rings. The lowest BCUT2D eigenvalue weighted by Gasteiger charge is -2.24. The summed E-state index contributed by atoms with van der Waals surface area (Å²) in [6.45, 7) is 0. The summed E-state index contributed by atoms with van der Waals surface area (Å²) in [7, 11) is 0. The molecule has 1 heterocycles. The second-order valence-corrected chi connectivity index (χ2v) is 5.30. The molecule has 2 aromatic rings. The fraction of sp³-hybridized carbons (Fsp3) is 0.125. The van der Waals surface area contributed by atoms with Crippen LogP contribution in [0.25, 0.3) is 0 Å². The van der Waals surface area contributed by atoms with E-state index in [0.29, 0.717) is 17.2 Å². The monoisotopic (exact) mass is 299 g/mol. The zero-order valence-corrected chi connectivity index (χ0v) is 12.0. The van der Waals surface area contributed by atoms with Gasteiger partial charge in [0.25, 0.3) is 5.91 Å². The van der Waals surface area contributed by atoms with Crippen molar-refractivity contribution in [2.45, 2.75) is 12.5 Å². The highest BCUT2D eigenvalue weighted by Crippen LogP contribution is 2.35. The van der Waals surface area contributed by atoms with Gasteiger partial charge in [-0.25, -0.2) is 0 Å². The third-order valence-electron chi connectivity index (χ3n) is 3.47. The maximum Gasteiger partial charge on any atom is 0.265 e. The highest BCUT2D eigenvalue weighted by molar-refractivity contribution is 6.39. The molecule has 0 spiro atoms. The fourth-order valence-electron chi connectivity index (χ4n) is 2.43. The summed E-state index contributed by atoms with van der Waals surface area (Å²) >= 11 is 5.92. The number of hydrogen-bond donors (Lipinski definition) is 1. The number of hydrazone groups is 1. The van der Waals surface area contributed by atoms with Gasteiger partial charge in [0.1, 0.15) is 5.71 Å². The minimum atomic E-state index is -0.479. The molecule has 0 saturated carbocycles. The number of primary amides is 1. The number of amides is 1. The van der Waals surface area contributed by atoms with Gasteiger partial charge in [-0.05, 0) is 29.8 Å². The Hall–Kier alpha value is -2.33. The molecule has 4 nitrogen and oxygen atoms in total. The van der Waals surface area contributed by atoms with Crippen LogP contribution in [0.5, 0.6) is 0 Å². The van der Waals surface area contributed by atoms with Crippen LogP contribution in [-0.2, 0) is 4.79 Å². The SMILES string of the molecule is NC(=O)C1=NN(c2ccc(Cl)cc2)C(c2ccccc2)C1. The van der Waals surface area contributed by atoms with Crippen LogP contribution >= 0.6 is 11.6 Å². The Kier molecular flexibility index (Phi) is 3.62. The van der Waals surface area contributed by atoms with Crippen LogP contribution in [0, 0.1) is 0 Å². The molecule has 3 rings (SSSR count). The van der Waals surface area contributed by atoms with E-state index in [-0.39, 0.29) is 6.04 Å². The number of carbonyl (C=O) groups is 1. The Bertz CT molecular complexity index is 682. The summed E-state index contributed by atoms with van der Waals surface area (Å²) in [6.07, 6.45) is 0.502. The highest BCUT2D eigenvalue weighted by atomic mass is 35.5. The van der Waals surface area contributed by atoms with E-state index in [2.05, 4.69) is 5.10 Å². The molecule has 1 aliphatic heterocycles. The van der Waals surface area contributed by atoms with Crippen molar-refractivity contribution in [1.82, 2.24) is 0 Å². The molecule has 2 N–H and O–H groups in total. The number of nitrogens with two attached hydrogens (primary N) is 1. The largest absolute Gasteiger partial charge is 0.364 e. The van der Waals surface area contributed by atoms with Crippen molar-refractivity contribution >= 4 is 28.9 Å². The van der Waals surface area contributed by atoms with Crippen LogP contribution < -0.4 is 10.7 Å². The zero-order valence-electron chi connectivity index (χ0n) is 11.2. The van der Waals surface area contributed by atoms with Crippen LogP contribution in [0.4, 0.5) is 5.69 Å². The van der Waals surface area contributed by atoms with Gasteiger partial charge in [-0.3, -0.25) is 9.80 Å². The van der Waals surface area contributed by atoms with Crippen molar-refractivity contribution < 1.29 is 4.79 Å². The Morgan fingerprint density at radius 3 is 2.43 bits per heavy atom. The molecular formula is C16H14ClN3O. The zero-order chi connectivity index (χ0) is 14.8. The van der Waals surface area contributed by atoms with Gasteiger partial charge in [-0.2, -0.15) is 5.10 Å². The first-order chi connectivity index (χ1) is 10.1. The Morgan fingerprint density at radius 2 is 1.81 bits per heavy atom. The van der Waals surface area contributed by atoms with E-state index in [9.17, 15) is 4.79 Å². The lowest BCUT2D eigenvalue weighted by molar-refractivity contribution is -0.112. The standard InChI is InChI=1S/C16H14ClN3O/c17-12-6-8-13(9-7-12)20-15(10-14(19-20)16(18)21)11-4-2-1-3-5-11/h1-9,15H,10H2,(H2,18,21). The number of carbonyl (C=O) groups excluding carboxylic acids is 1. The van der Waals surface area contributed by atoms with Crippen LogP contribution in [0.1, 0.15) is 18.0 Å². The topological polar surface area (TPSA) is 58.7 Å². The number of anilines is 1. The third-order valence-corrected chi connectivity index (χ3v) is 3.72. The van der Waals surface area contributed by atoms with E-state index in [1.54, 1.807) is 12.1 Å². The molecule has 2 aromatic carbocycles. The summed E-state index contributed by atoms with van der Waals surface area (Å²) in [5.41, 5.74) is 7.74. The molecule has 1 aliphatic rings. The molecule has 0 radical (unpaired) electrons. The summed E-state index contributed by atoms with van der Waals surface area (Å²) < 4.78 is 0. The molecular weight excluding hydrogens is 286 g/mol. The maximum absolute atomic E-state index is 11.5. The third kappa shape index (κ3) is 2.76. The molecule has 5 heteroatoms. The van der Waals surface area contributed by atoms with Gasteiger partial charge in [0.2, 0.25) is 0 Å². The van der Waals surface area contributed by atoms with Gasteiger partial charge < -0.3 is 5.73 Å². The maximum atomic E-state index is 11.5. The van der Waals surface area contributed by atoms with E-state index in [4.69, 9.17) is 17.3 Å². The van der Waals surface area contributed by atoms with Crippen molar-refractivity contribution in [2.24, 2.45) is 10.8 Å². The average Bonchev–Trinajstić information content (AvgIpc) is 2.94. The van der Waals surface area contributed by atoms with Crippen LogP contribution in [0.3, 0.4) is 0 Å². The Balaban J connectivity index is 2.00. The predicted octanol–water partition coefficient (Wildman–Crippen LogP) is 3.13. The molecule has 1 atom stereocenters. The Labute approximate surface area is 127 Å². The lowest BCUT2D eigenvalue weighted by atomic mass is 10.0. The van der Waals surface area contributed by atoms with Gasteiger partial charge in [0, 0.05) is 11.4 Å². The molecule has 1 unspecified atom stereocenters. The molecule has 0 saturated heterocycles. The summed E-state index contributed by atoms with van der Waals surface area (Å²) in [6, 6.07) is 17.3. The normalized spacial score (nSPS) is 17.7. The summed E-state index contributed by atoms with van der Waals surface area (Å²) in [4.78, 5) is 11.5. The number of halogens is 1. The van der Waals surface area contributed by atoms with Gasteiger partial charge in [-0.15, -0.1) is 0 Å². The van der Waals surface area contributed by atoms with Gasteiger partial charge in [-0.1, -0.05) is 41.9 Å². The van der Waals surface area contributed by atoms with Gasteiger partial charge in [0.15, 0.2) is 0 Å². The molecule has 21 heavy (non-hydrogen) atoms. The first-order valence-corrected chi connectivity index (χ1v) is 7.00. The second kappa shape index (κ2) is 5.58. The summed E-state index contributed by atoms with van der Waals surface area (Å²) in [5, 5.41) is 6.86. The van der Waals surface area contributed by atoms with Crippen LogP contribution in [-0.4, -0.2) is 11.6 Å². The quantitative estimate of drug-likeness (QED) is 0.946. The molecule has 0 aromatic heterocycles. The van der Waals surface area contributed by atoms with Crippen LogP contribution in [0.2, 0.25) is 5.02 Å². The van der Waals surface area contributed by atoms with Crippen molar-refractivity contribution in [3.05, 3.63) is 65.2 Å². The second-order valence-electron chi connectivity index (χ2n) is 4.86. The van der Waals surface area contributed by atoms with Crippen molar-refractivity contribution in [3.8, 4) is 0 Å². The molecule has 0 aliphatic carbocycles. The number of rotatable bonds is 3. The minimum absolute atomic E-state index is 0.0325. The lowest BCUT2D eigenvalue weighted by Crippen LogP contribution is -2.22. The van der Waals surface area contributed by atoms with Gasteiger partial charge >= 0.3 is 0 Å². The van der Waals surface area contributed by atoms with E-state index in [1.807, 2.05) is 47.5 Å². The fourth-order valence-corrected chi connectivity index (χ4v) is 2.55. The predicted molar refractivity (Wildman–Crippen MR) is 84.4 cm³/mol. The minimum Gasteiger partial charge on any atom is -0.364 e. The molecule has 0 bridgehead atoms. The average molecular weight is 300 g/mol. The first kappa shape index (κ1) is 13.6. The molecule has 106 valence electrons. The van der Waals surface area contributed by atoms with Crippen molar-refractivity contribution in [3.63, 3.8) is 0 Å². The number of hydrogen-bond acceptors (Lipinski definition) is 3. The first-order valence-electron chi connectivity index (χ1n) is 6.62. The highest BCUT2D eigenvalue weighted by Gasteiger charge is 2.31. The van der Waals surface area contributed by atoms with E-state index < -0.39 is 5.91 Å². The van der Waals surface area contributed by atoms with Crippen LogP contribution in [0.15, 0.2) is 59.7 Å². The smallest absolute Gasteiger partial charge is 0.265 e. The molecule has 1 amide bonds. The van der Waals surface area contributed by atoms with Crippen molar-refractivity contribution in [2.75, 3.05) is 5.01 Å². The van der Waals surface area contributed by atoms with E-state index in [0.717, 1.165) is 11.3 Å². The van der Waals surface area contributed by atoms with E-state index in [1.165, 1.54) is 0 Å². The van der Waals surface area contributed by atoms with Crippen molar-refractivity contribution in [1.29, 1.82) is 0 Å². The van der Waals surface area contributed by atoms with E-state index >= 15 is 0 Å².